The van der Waals surface area contributed by atoms with Crippen LogP contribution in [0.3, 0.4) is 0 Å². The fourth-order valence-electron chi connectivity index (χ4n) is 2.25. The van der Waals surface area contributed by atoms with Crippen molar-refractivity contribution in [1.29, 1.82) is 0 Å². The highest BCUT2D eigenvalue weighted by Gasteiger charge is 2.34. The Bertz CT molecular complexity index is 496. The van der Waals surface area contributed by atoms with E-state index >= 15 is 0 Å². The Balaban J connectivity index is 5.12. The molecule has 0 aromatic rings. The molecule has 0 bridgehead atoms. The molecule has 0 unspecified atom stereocenters. The van der Waals surface area contributed by atoms with Crippen molar-refractivity contribution in [3.63, 3.8) is 0 Å². The smallest absolute Gasteiger partial charge is 0.315 e. The number of nitrogens with one attached hydrogen (secondary N) is 2. The van der Waals surface area contributed by atoms with Gasteiger partial charge >= 0.3 is 23.9 Å². The third-order valence-electron chi connectivity index (χ3n) is 3.89. The summed E-state index contributed by atoms with van der Waals surface area (Å²) in [5.41, 5.74) is -1.15. The normalized spacial score (nSPS) is 10.8. The van der Waals surface area contributed by atoms with Gasteiger partial charge in [-0.25, -0.2) is 4.79 Å². The van der Waals surface area contributed by atoms with E-state index < -0.39 is 29.5 Å². The van der Waals surface area contributed by atoms with Crippen molar-refractivity contribution in [1.82, 2.24) is 10.6 Å². The van der Waals surface area contributed by atoms with Gasteiger partial charge in [0.05, 0.1) is 80.2 Å². The average Bonchev–Trinajstić information content (AvgIpc) is 2.76. The van der Waals surface area contributed by atoms with Crippen molar-refractivity contribution in [3.05, 3.63) is 0 Å². The molecule has 31 heavy (non-hydrogen) atoms. The molecule has 0 saturated carbocycles. The van der Waals surface area contributed by atoms with Gasteiger partial charge in [0, 0.05) is 6.54 Å². The van der Waals surface area contributed by atoms with E-state index in [1.54, 1.807) is 6.92 Å². The summed E-state index contributed by atoms with van der Waals surface area (Å²) in [7, 11) is 3.81. The summed E-state index contributed by atoms with van der Waals surface area (Å²) in [5, 5.41) is 5.38. The van der Waals surface area contributed by atoms with Crippen LogP contribution in [0.2, 0.25) is 0 Å². The van der Waals surface area contributed by atoms with Crippen LogP contribution in [0.15, 0.2) is 0 Å². The molecule has 0 spiro atoms. The molecule has 0 aliphatic carbocycles. The van der Waals surface area contributed by atoms with Crippen molar-refractivity contribution in [3.8, 4) is 0 Å². The van der Waals surface area contributed by atoms with Crippen LogP contribution in [0, 0.1) is 0 Å². The number of amides is 2. The molecular weight excluding hydrogens is 416 g/mol. The number of esters is 3. The van der Waals surface area contributed by atoms with Crippen molar-refractivity contribution in [2.75, 3.05) is 67.5 Å². The molecule has 0 rings (SSSR count). The van der Waals surface area contributed by atoms with E-state index in [4.69, 9.17) is 14.2 Å². The number of carbonyl (C=O) groups excluding carboxylic acids is 4. The van der Waals surface area contributed by atoms with Crippen LogP contribution in [-0.4, -0.2) is 97.0 Å². The van der Waals surface area contributed by atoms with Crippen molar-refractivity contribution >= 4 is 23.9 Å². The van der Waals surface area contributed by atoms with Gasteiger partial charge < -0.3 is 39.1 Å². The summed E-state index contributed by atoms with van der Waals surface area (Å²) >= 11 is 0. The van der Waals surface area contributed by atoms with Gasteiger partial charge in [0.15, 0.2) is 0 Å². The van der Waals surface area contributed by atoms with Gasteiger partial charge in [-0.2, -0.15) is 0 Å². The summed E-state index contributed by atoms with van der Waals surface area (Å²) in [4.78, 5) is 46.1. The number of hydrogen-bond acceptors (Lipinski definition) is 10. The number of methoxy groups -OCH3 is 3. The van der Waals surface area contributed by atoms with Crippen LogP contribution in [-0.2, 0) is 42.8 Å². The molecule has 0 atom stereocenters. The highest BCUT2D eigenvalue weighted by atomic mass is 16.5. The van der Waals surface area contributed by atoms with Crippen LogP contribution < -0.4 is 10.6 Å². The zero-order valence-corrected chi connectivity index (χ0v) is 18.7. The highest BCUT2D eigenvalue weighted by molar-refractivity contribution is 5.74. The van der Waals surface area contributed by atoms with E-state index in [1.165, 1.54) is 21.3 Å². The van der Waals surface area contributed by atoms with E-state index in [0.717, 1.165) is 0 Å². The quantitative estimate of drug-likeness (QED) is 0.173. The van der Waals surface area contributed by atoms with Crippen LogP contribution in [0.1, 0.15) is 26.2 Å². The summed E-state index contributed by atoms with van der Waals surface area (Å²) < 4.78 is 30.4. The fourth-order valence-corrected chi connectivity index (χ4v) is 2.25. The Morgan fingerprint density at radius 2 is 1.03 bits per heavy atom. The summed E-state index contributed by atoms with van der Waals surface area (Å²) in [6, 6.07) is -0.479. The van der Waals surface area contributed by atoms with Crippen molar-refractivity contribution in [2.24, 2.45) is 0 Å². The number of hydrogen-bond donors (Lipinski definition) is 2. The minimum atomic E-state index is -1.15. The third-order valence-corrected chi connectivity index (χ3v) is 3.89. The standard InChI is InChI=1S/C19H34N2O10/c1-5-20-18(25)21-19(12-29-9-6-15(22)26-2,13-30-10-7-16(23)27-3)14-31-11-8-17(24)28-4/h5-14H2,1-4H3,(H2,20,21,25). The van der Waals surface area contributed by atoms with Crippen LogP contribution >= 0.6 is 0 Å². The lowest BCUT2D eigenvalue weighted by molar-refractivity contribution is -0.142. The molecule has 2 amide bonds. The maximum Gasteiger partial charge on any atom is 0.315 e. The molecule has 0 aromatic heterocycles. The van der Waals surface area contributed by atoms with Gasteiger partial charge in [0.2, 0.25) is 0 Å². The largest absolute Gasteiger partial charge is 0.469 e. The Labute approximate surface area is 182 Å². The number of rotatable bonds is 17. The van der Waals surface area contributed by atoms with E-state index in [2.05, 4.69) is 24.8 Å². The van der Waals surface area contributed by atoms with E-state index in [1.807, 2.05) is 0 Å². The van der Waals surface area contributed by atoms with E-state index in [-0.39, 0.29) is 58.9 Å². The minimum Gasteiger partial charge on any atom is -0.469 e. The summed E-state index contributed by atoms with van der Waals surface area (Å²) in [6.45, 7) is 2.12. The lowest BCUT2D eigenvalue weighted by Crippen LogP contribution is -2.60. The van der Waals surface area contributed by atoms with Crippen molar-refractivity contribution in [2.45, 2.75) is 31.7 Å². The second kappa shape index (κ2) is 17.3. The molecule has 0 heterocycles. The predicted molar refractivity (Wildman–Crippen MR) is 107 cm³/mol. The van der Waals surface area contributed by atoms with Crippen molar-refractivity contribution < 1.29 is 47.6 Å². The molecule has 0 aliphatic rings. The van der Waals surface area contributed by atoms with E-state index in [0.29, 0.717) is 6.54 Å². The molecule has 12 heteroatoms. The van der Waals surface area contributed by atoms with Gasteiger partial charge in [0.1, 0.15) is 5.54 Å². The zero-order chi connectivity index (χ0) is 23.5. The molecule has 0 aliphatic heterocycles. The maximum absolute atomic E-state index is 12.2. The topological polar surface area (TPSA) is 148 Å². The number of ether oxygens (including phenoxy) is 6. The maximum atomic E-state index is 12.2. The molecule has 2 N–H and O–H groups in total. The molecular formula is C19H34N2O10. The van der Waals surface area contributed by atoms with Gasteiger partial charge in [-0.3, -0.25) is 14.4 Å². The number of carbonyl (C=O) groups is 4. The third kappa shape index (κ3) is 14.2. The van der Waals surface area contributed by atoms with Crippen LogP contribution in [0.25, 0.3) is 0 Å². The molecule has 180 valence electrons. The first-order valence-electron chi connectivity index (χ1n) is 9.82. The van der Waals surface area contributed by atoms with Gasteiger partial charge in [-0.05, 0) is 6.92 Å². The predicted octanol–water partition coefficient (Wildman–Crippen LogP) is -0.217. The SMILES string of the molecule is CCNC(=O)NC(COCCC(=O)OC)(COCCC(=O)OC)COCCC(=O)OC. The monoisotopic (exact) mass is 450 g/mol. The van der Waals surface area contributed by atoms with Crippen LogP contribution in [0.5, 0.6) is 0 Å². The Kier molecular flexibility index (Phi) is 15.9. The zero-order valence-electron chi connectivity index (χ0n) is 18.7. The average molecular weight is 450 g/mol. The van der Waals surface area contributed by atoms with Crippen LogP contribution in [0.4, 0.5) is 4.79 Å². The molecule has 12 nitrogen and oxygen atoms in total. The Morgan fingerprint density at radius 3 is 1.32 bits per heavy atom. The highest BCUT2D eigenvalue weighted by Crippen LogP contribution is 2.11. The summed E-state index contributed by atoms with van der Waals surface area (Å²) in [5.74, 6) is -1.32. The van der Waals surface area contributed by atoms with Gasteiger partial charge in [-0.1, -0.05) is 0 Å². The first-order valence-corrected chi connectivity index (χ1v) is 9.82. The first-order chi connectivity index (χ1) is 14.8. The van der Waals surface area contributed by atoms with E-state index in [9.17, 15) is 19.2 Å². The lowest BCUT2D eigenvalue weighted by atomic mass is 10.0. The van der Waals surface area contributed by atoms with Gasteiger partial charge in [0.25, 0.3) is 0 Å². The molecule has 0 fully saturated rings. The second-order valence-electron chi connectivity index (χ2n) is 6.40. The molecule has 0 aromatic carbocycles. The Hall–Kier alpha value is -2.44. The number of urea groups is 1. The fraction of sp³-hybridized carbons (Fsp3) is 0.789. The summed E-state index contributed by atoms with van der Waals surface area (Å²) in [6.07, 6.45) is 0.0837. The first kappa shape index (κ1) is 28.6. The van der Waals surface area contributed by atoms with Gasteiger partial charge in [-0.15, -0.1) is 0 Å². The minimum absolute atomic E-state index is 0.0279. The molecule has 0 saturated heterocycles. The second-order valence-corrected chi connectivity index (χ2v) is 6.40. The molecule has 0 radical (unpaired) electrons. The Morgan fingerprint density at radius 1 is 0.677 bits per heavy atom. The lowest BCUT2D eigenvalue weighted by Gasteiger charge is -2.34.